The summed E-state index contributed by atoms with van der Waals surface area (Å²) in [6.07, 6.45) is 0. The zero-order valence-electron chi connectivity index (χ0n) is 21.4. The summed E-state index contributed by atoms with van der Waals surface area (Å²) in [7, 11) is -1.61. The van der Waals surface area contributed by atoms with Crippen LogP contribution in [0.4, 0.5) is 10.1 Å². The third kappa shape index (κ3) is 7.25. The Hall–Kier alpha value is -2.98. The number of amides is 2. The fraction of sp³-hybridized carbons (Fsp3) is 0.440. The minimum Gasteiger partial charge on any atom is -0.350 e. The summed E-state index contributed by atoms with van der Waals surface area (Å²) in [6, 6.07) is 11.9. The van der Waals surface area contributed by atoms with Crippen LogP contribution in [0.3, 0.4) is 0 Å². The van der Waals surface area contributed by atoms with Crippen LogP contribution in [0.1, 0.15) is 38.8 Å². The van der Waals surface area contributed by atoms with Crippen LogP contribution >= 0.6 is 0 Å². The highest BCUT2D eigenvalue weighted by molar-refractivity contribution is 7.90. The molecule has 2 rings (SSSR count). The molecule has 10 heteroatoms. The number of carbonyl (C=O) groups is 2. The van der Waals surface area contributed by atoms with E-state index in [1.54, 1.807) is 6.92 Å². The van der Waals surface area contributed by atoms with Gasteiger partial charge in [0.25, 0.3) is 0 Å². The van der Waals surface area contributed by atoms with Gasteiger partial charge in [0, 0.05) is 26.2 Å². The van der Waals surface area contributed by atoms with Crippen molar-refractivity contribution in [2.24, 2.45) is 0 Å². The number of halogens is 1. The largest absolute Gasteiger partial charge is 0.350 e. The molecule has 0 aliphatic heterocycles. The Kier molecular flexibility index (Phi) is 9.02. The smallest absolute Gasteiger partial charge is 0.304 e. The van der Waals surface area contributed by atoms with Crippen LogP contribution in [0.5, 0.6) is 0 Å². The summed E-state index contributed by atoms with van der Waals surface area (Å²) in [5.41, 5.74) is 0.942. The van der Waals surface area contributed by atoms with Crippen molar-refractivity contribution in [2.45, 2.75) is 52.7 Å². The van der Waals surface area contributed by atoms with Crippen LogP contribution in [-0.2, 0) is 26.3 Å². The van der Waals surface area contributed by atoms with Crippen molar-refractivity contribution in [3.63, 3.8) is 0 Å². The van der Waals surface area contributed by atoms with Gasteiger partial charge in [0.1, 0.15) is 18.4 Å². The van der Waals surface area contributed by atoms with Gasteiger partial charge in [-0.05, 0) is 57.9 Å². The maximum Gasteiger partial charge on any atom is 0.304 e. The quantitative estimate of drug-likeness (QED) is 0.566. The Morgan fingerprint density at radius 2 is 1.60 bits per heavy atom. The summed E-state index contributed by atoms with van der Waals surface area (Å²) in [5.74, 6) is -1.81. The lowest BCUT2D eigenvalue weighted by molar-refractivity contribution is -0.140. The lowest BCUT2D eigenvalue weighted by Gasteiger charge is -2.34. The van der Waals surface area contributed by atoms with E-state index in [-0.39, 0.29) is 18.1 Å². The molecule has 2 aromatic rings. The average Bonchev–Trinajstić information content (AvgIpc) is 2.75. The van der Waals surface area contributed by atoms with Crippen LogP contribution in [0, 0.1) is 12.7 Å². The number of benzene rings is 2. The maximum absolute atomic E-state index is 14.6. The molecule has 0 bridgehead atoms. The van der Waals surface area contributed by atoms with E-state index in [0.29, 0.717) is 0 Å². The Morgan fingerprint density at radius 3 is 2.14 bits per heavy atom. The van der Waals surface area contributed by atoms with Crippen molar-refractivity contribution in [1.29, 1.82) is 0 Å². The van der Waals surface area contributed by atoms with E-state index in [0.717, 1.165) is 25.8 Å². The molecule has 1 atom stereocenters. The maximum atomic E-state index is 14.6. The molecule has 0 aliphatic carbocycles. The first kappa shape index (κ1) is 28.3. The molecule has 0 saturated carbocycles. The number of hydrogen-bond donors (Lipinski definition) is 1. The molecule has 35 heavy (non-hydrogen) atoms. The number of nitrogens with one attached hydrogen (secondary N) is 1. The molecular formula is C25H35FN4O4S. The first-order chi connectivity index (χ1) is 16.1. The Labute approximate surface area is 207 Å². The van der Waals surface area contributed by atoms with E-state index in [9.17, 15) is 22.4 Å². The molecule has 0 saturated heterocycles. The molecule has 0 aromatic heterocycles. The highest BCUT2D eigenvalue weighted by atomic mass is 32.2. The lowest BCUT2D eigenvalue weighted by atomic mass is 10.1. The molecule has 192 valence electrons. The Bertz CT molecular complexity index is 1160. The zero-order chi connectivity index (χ0) is 26.6. The number of aryl methyl sites for hydroxylation is 1. The van der Waals surface area contributed by atoms with E-state index >= 15 is 0 Å². The van der Waals surface area contributed by atoms with E-state index in [2.05, 4.69) is 5.32 Å². The van der Waals surface area contributed by atoms with Gasteiger partial charge < -0.3 is 10.2 Å². The molecule has 0 fully saturated rings. The molecule has 0 radical (unpaired) electrons. The molecule has 0 spiro atoms. The first-order valence-electron chi connectivity index (χ1n) is 11.3. The third-order valence-corrected chi connectivity index (χ3v) is 7.21. The SMILES string of the molecule is Cc1ccccc1CN(C(=O)CN(c1ccccc1F)S(=O)(=O)N(C)C)[C@H](C)C(=O)NC(C)(C)C. The van der Waals surface area contributed by atoms with Crippen molar-refractivity contribution in [3.05, 3.63) is 65.5 Å². The second-order valence-electron chi connectivity index (χ2n) is 9.61. The van der Waals surface area contributed by atoms with Gasteiger partial charge in [-0.3, -0.25) is 9.59 Å². The standard InChI is InChI=1S/C25H35FN4O4S/c1-18-12-8-9-13-20(18)16-29(19(2)24(32)27-25(3,4)5)23(31)17-30(35(33,34)28(6)7)22-15-11-10-14-21(22)26/h8-15,19H,16-17H2,1-7H3,(H,27,32)/t19-/m1/s1. The minimum atomic E-state index is -4.22. The second-order valence-corrected chi connectivity index (χ2v) is 11.7. The minimum absolute atomic E-state index is 0.0807. The fourth-order valence-electron chi connectivity index (χ4n) is 3.38. The van der Waals surface area contributed by atoms with E-state index in [1.165, 1.54) is 37.2 Å². The van der Waals surface area contributed by atoms with E-state index in [4.69, 9.17) is 0 Å². The average molecular weight is 507 g/mol. The molecule has 1 N–H and O–H groups in total. The van der Waals surface area contributed by atoms with Crippen LogP contribution < -0.4 is 9.62 Å². The van der Waals surface area contributed by atoms with Gasteiger partial charge in [0.2, 0.25) is 11.8 Å². The molecular weight excluding hydrogens is 471 g/mol. The van der Waals surface area contributed by atoms with Crippen LogP contribution in [0.2, 0.25) is 0 Å². The summed E-state index contributed by atoms with van der Waals surface area (Å²) in [4.78, 5) is 27.9. The van der Waals surface area contributed by atoms with Crippen molar-refractivity contribution < 1.29 is 22.4 Å². The predicted molar refractivity (Wildman–Crippen MR) is 135 cm³/mol. The summed E-state index contributed by atoms with van der Waals surface area (Å²) in [5, 5.41) is 2.86. The van der Waals surface area contributed by atoms with E-state index in [1.807, 2.05) is 52.0 Å². The van der Waals surface area contributed by atoms with Crippen molar-refractivity contribution in [3.8, 4) is 0 Å². The molecule has 0 unspecified atom stereocenters. The van der Waals surface area contributed by atoms with Crippen LogP contribution in [0.15, 0.2) is 48.5 Å². The number of nitrogens with zero attached hydrogens (tertiary/aromatic N) is 3. The van der Waals surface area contributed by atoms with Crippen molar-refractivity contribution in [2.75, 3.05) is 24.9 Å². The molecule has 0 heterocycles. The highest BCUT2D eigenvalue weighted by Crippen LogP contribution is 2.24. The number of carbonyl (C=O) groups excluding carboxylic acids is 2. The van der Waals surface area contributed by atoms with Crippen LogP contribution in [-0.4, -0.2) is 61.7 Å². The topological polar surface area (TPSA) is 90.0 Å². The summed E-state index contributed by atoms with van der Waals surface area (Å²) >= 11 is 0. The molecule has 0 aliphatic rings. The predicted octanol–water partition coefficient (Wildman–Crippen LogP) is 3.08. The third-order valence-electron chi connectivity index (χ3n) is 5.41. The number of hydrogen-bond acceptors (Lipinski definition) is 4. The Morgan fingerprint density at radius 1 is 1.03 bits per heavy atom. The Balaban J connectivity index is 2.50. The number of para-hydroxylation sites is 1. The van der Waals surface area contributed by atoms with Crippen LogP contribution in [0.25, 0.3) is 0 Å². The highest BCUT2D eigenvalue weighted by Gasteiger charge is 2.34. The van der Waals surface area contributed by atoms with Gasteiger partial charge >= 0.3 is 10.2 Å². The zero-order valence-corrected chi connectivity index (χ0v) is 22.2. The summed E-state index contributed by atoms with van der Waals surface area (Å²) < 4.78 is 42.4. The van der Waals surface area contributed by atoms with E-state index < -0.39 is 40.1 Å². The lowest BCUT2D eigenvalue weighted by Crippen LogP contribution is -2.55. The molecule has 2 amide bonds. The first-order valence-corrected chi connectivity index (χ1v) is 12.7. The van der Waals surface area contributed by atoms with Gasteiger partial charge in [-0.25, -0.2) is 8.70 Å². The molecule has 8 nitrogen and oxygen atoms in total. The van der Waals surface area contributed by atoms with Gasteiger partial charge in [-0.15, -0.1) is 0 Å². The van der Waals surface area contributed by atoms with Gasteiger partial charge in [0.05, 0.1) is 5.69 Å². The number of rotatable bonds is 9. The normalized spacial score (nSPS) is 12.8. The molecule has 2 aromatic carbocycles. The van der Waals surface area contributed by atoms with Crippen molar-refractivity contribution in [1.82, 2.24) is 14.5 Å². The van der Waals surface area contributed by atoms with Gasteiger partial charge in [-0.2, -0.15) is 12.7 Å². The van der Waals surface area contributed by atoms with Gasteiger partial charge in [0.15, 0.2) is 0 Å². The number of anilines is 1. The van der Waals surface area contributed by atoms with Gasteiger partial charge in [-0.1, -0.05) is 36.4 Å². The monoisotopic (exact) mass is 506 g/mol. The van der Waals surface area contributed by atoms with Crippen molar-refractivity contribution >= 4 is 27.7 Å². The fourth-order valence-corrected chi connectivity index (χ4v) is 4.45. The second kappa shape index (κ2) is 11.2. The summed E-state index contributed by atoms with van der Waals surface area (Å²) in [6.45, 7) is 8.36.